The summed E-state index contributed by atoms with van der Waals surface area (Å²) in [6.07, 6.45) is 7.35. The number of hydrogen-bond acceptors (Lipinski definition) is 3. The Balaban J connectivity index is 2.33. The van der Waals surface area contributed by atoms with Crippen molar-refractivity contribution in [2.24, 2.45) is 4.99 Å². The summed E-state index contributed by atoms with van der Waals surface area (Å²) in [6, 6.07) is 0. The third-order valence-electron chi connectivity index (χ3n) is 1.22. The summed E-state index contributed by atoms with van der Waals surface area (Å²) in [4.78, 5) is 9.14. The zero-order valence-electron chi connectivity index (χ0n) is 4.82. The molecule has 0 saturated carbocycles. The highest BCUT2D eigenvalue weighted by molar-refractivity contribution is 5.73. The van der Waals surface area contributed by atoms with Gasteiger partial charge in [0.15, 0.2) is 5.82 Å². The lowest BCUT2D eigenvalue weighted by atomic mass is 10.5. The molecule has 0 fully saturated rings. The number of fused-ring (bicyclic) bond motifs is 1. The van der Waals surface area contributed by atoms with E-state index < -0.39 is 0 Å². The molecular formula is C6H6N2O. The Morgan fingerprint density at radius 1 is 1.67 bits per heavy atom. The van der Waals surface area contributed by atoms with E-state index in [9.17, 15) is 0 Å². The molecule has 46 valence electrons. The Labute approximate surface area is 52.9 Å². The van der Waals surface area contributed by atoms with Crippen LogP contribution in [0, 0.1) is 0 Å². The average molecular weight is 122 g/mol. The van der Waals surface area contributed by atoms with Crippen molar-refractivity contribution in [1.82, 2.24) is 5.06 Å². The second-order valence-corrected chi connectivity index (χ2v) is 1.80. The summed E-state index contributed by atoms with van der Waals surface area (Å²) in [6.45, 7) is 0.636. The van der Waals surface area contributed by atoms with Crippen LogP contribution in [-0.4, -0.2) is 17.9 Å². The highest BCUT2D eigenvalue weighted by Crippen LogP contribution is 2.15. The van der Waals surface area contributed by atoms with Gasteiger partial charge in [-0.3, -0.25) is 4.84 Å². The molecule has 0 bridgehead atoms. The topological polar surface area (TPSA) is 24.8 Å². The second-order valence-electron chi connectivity index (χ2n) is 1.80. The van der Waals surface area contributed by atoms with Crippen LogP contribution in [0.4, 0.5) is 0 Å². The smallest absolute Gasteiger partial charge is 0.155 e. The minimum Gasteiger partial charge on any atom is -0.263 e. The molecule has 0 aromatic carbocycles. The van der Waals surface area contributed by atoms with E-state index >= 15 is 0 Å². The third-order valence-corrected chi connectivity index (χ3v) is 1.22. The Bertz CT molecular complexity index is 202. The number of hydroxylamine groups is 2. The van der Waals surface area contributed by atoms with Crippen LogP contribution in [0.5, 0.6) is 0 Å². The van der Waals surface area contributed by atoms with Crippen LogP contribution in [0.2, 0.25) is 0 Å². The first kappa shape index (κ1) is 4.76. The lowest BCUT2D eigenvalue weighted by Crippen LogP contribution is -2.11. The largest absolute Gasteiger partial charge is 0.263 e. The molecule has 2 aliphatic heterocycles. The van der Waals surface area contributed by atoms with E-state index in [-0.39, 0.29) is 0 Å². The van der Waals surface area contributed by atoms with Crippen LogP contribution in [0.25, 0.3) is 0 Å². The molecule has 0 amide bonds. The van der Waals surface area contributed by atoms with Crippen LogP contribution < -0.4 is 0 Å². The van der Waals surface area contributed by atoms with Crippen LogP contribution >= 0.6 is 0 Å². The maximum absolute atomic E-state index is 5.10. The number of hydrogen-bond donors (Lipinski definition) is 0. The SMILES string of the molecule is C1=CN2OCC=C2N=C1. The Hall–Kier alpha value is -1.09. The molecule has 2 rings (SSSR count). The van der Waals surface area contributed by atoms with E-state index in [1.54, 1.807) is 11.3 Å². The first-order valence-electron chi connectivity index (χ1n) is 2.80. The summed E-state index contributed by atoms with van der Waals surface area (Å²) < 4.78 is 0. The maximum Gasteiger partial charge on any atom is 0.155 e. The molecule has 0 atom stereocenters. The Morgan fingerprint density at radius 3 is 3.56 bits per heavy atom. The van der Waals surface area contributed by atoms with Gasteiger partial charge in [0.2, 0.25) is 0 Å². The van der Waals surface area contributed by atoms with E-state index in [0.717, 1.165) is 5.82 Å². The van der Waals surface area contributed by atoms with Crippen LogP contribution in [-0.2, 0) is 4.84 Å². The van der Waals surface area contributed by atoms with Gasteiger partial charge in [-0.25, -0.2) is 10.1 Å². The quantitative estimate of drug-likeness (QED) is 0.471. The van der Waals surface area contributed by atoms with Gasteiger partial charge in [0.05, 0.1) is 6.61 Å². The van der Waals surface area contributed by atoms with Crippen LogP contribution in [0.3, 0.4) is 0 Å². The third kappa shape index (κ3) is 0.658. The normalized spacial score (nSPS) is 22.2. The minimum absolute atomic E-state index is 0.636. The van der Waals surface area contributed by atoms with Gasteiger partial charge >= 0.3 is 0 Å². The average Bonchev–Trinajstić information content (AvgIpc) is 2.33. The van der Waals surface area contributed by atoms with Crippen molar-refractivity contribution in [3.63, 3.8) is 0 Å². The fraction of sp³-hybridized carbons (Fsp3) is 0.167. The standard InChI is InChI=1S/C6H6N2O/c1-3-7-6-2-5-9-8(6)4-1/h1-4H,5H2. The molecule has 0 aliphatic carbocycles. The van der Waals surface area contributed by atoms with Gasteiger partial charge in [0, 0.05) is 12.4 Å². The maximum atomic E-state index is 5.10. The van der Waals surface area contributed by atoms with Gasteiger partial charge in [-0.2, -0.15) is 0 Å². The molecule has 0 radical (unpaired) electrons. The zero-order chi connectivity index (χ0) is 6.10. The van der Waals surface area contributed by atoms with E-state index in [4.69, 9.17) is 4.84 Å². The molecule has 0 spiro atoms. The fourth-order valence-corrected chi connectivity index (χ4v) is 0.813. The molecule has 2 aliphatic rings. The fourth-order valence-electron chi connectivity index (χ4n) is 0.813. The Kier molecular flexibility index (Phi) is 0.899. The second kappa shape index (κ2) is 1.70. The highest BCUT2D eigenvalue weighted by Gasteiger charge is 2.12. The van der Waals surface area contributed by atoms with Gasteiger partial charge in [-0.05, 0) is 12.2 Å². The monoisotopic (exact) mass is 122 g/mol. The molecule has 3 heteroatoms. The molecule has 3 nitrogen and oxygen atoms in total. The lowest BCUT2D eigenvalue weighted by Gasteiger charge is -2.13. The van der Waals surface area contributed by atoms with Crippen molar-refractivity contribution in [3.8, 4) is 0 Å². The first-order valence-corrected chi connectivity index (χ1v) is 2.80. The van der Waals surface area contributed by atoms with Gasteiger partial charge in [0.1, 0.15) is 0 Å². The first-order chi connectivity index (χ1) is 4.47. The van der Waals surface area contributed by atoms with Crippen molar-refractivity contribution in [2.75, 3.05) is 6.61 Å². The van der Waals surface area contributed by atoms with E-state index in [0.29, 0.717) is 6.61 Å². The number of nitrogens with zero attached hydrogens (tertiary/aromatic N) is 2. The van der Waals surface area contributed by atoms with Crippen LogP contribution in [0.1, 0.15) is 0 Å². The van der Waals surface area contributed by atoms with Crippen molar-refractivity contribution in [1.29, 1.82) is 0 Å². The summed E-state index contributed by atoms with van der Waals surface area (Å²) in [5.41, 5.74) is 0. The molecule has 0 aromatic rings. The number of aliphatic imine (C=N–C) groups is 1. The summed E-state index contributed by atoms with van der Waals surface area (Å²) in [7, 11) is 0. The van der Waals surface area contributed by atoms with E-state index in [2.05, 4.69) is 4.99 Å². The van der Waals surface area contributed by atoms with Gasteiger partial charge in [-0.15, -0.1) is 0 Å². The predicted molar refractivity (Wildman–Crippen MR) is 33.5 cm³/mol. The van der Waals surface area contributed by atoms with E-state index in [1.165, 1.54) is 0 Å². The molecule has 9 heavy (non-hydrogen) atoms. The lowest BCUT2D eigenvalue weighted by molar-refractivity contribution is -0.0582. The van der Waals surface area contributed by atoms with Gasteiger partial charge < -0.3 is 0 Å². The molecule has 0 saturated heterocycles. The summed E-state index contributed by atoms with van der Waals surface area (Å²) in [5.74, 6) is 0.887. The zero-order valence-corrected chi connectivity index (χ0v) is 4.82. The predicted octanol–water partition coefficient (Wildman–Crippen LogP) is 0.673. The Morgan fingerprint density at radius 2 is 2.67 bits per heavy atom. The molecule has 0 unspecified atom stereocenters. The van der Waals surface area contributed by atoms with E-state index in [1.807, 2.05) is 18.4 Å². The molecule has 2 heterocycles. The van der Waals surface area contributed by atoms with Gasteiger partial charge in [-0.1, -0.05) is 0 Å². The summed E-state index contributed by atoms with van der Waals surface area (Å²) >= 11 is 0. The highest BCUT2D eigenvalue weighted by atomic mass is 16.7. The summed E-state index contributed by atoms with van der Waals surface area (Å²) in [5, 5.41) is 1.65. The van der Waals surface area contributed by atoms with Crippen molar-refractivity contribution < 1.29 is 4.84 Å². The van der Waals surface area contributed by atoms with Crippen LogP contribution in [0.15, 0.2) is 29.2 Å². The molecule has 0 aromatic heterocycles. The van der Waals surface area contributed by atoms with Crippen molar-refractivity contribution >= 4 is 6.21 Å². The van der Waals surface area contributed by atoms with Crippen molar-refractivity contribution in [2.45, 2.75) is 0 Å². The number of rotatable bonds is 0. The minimum atomic E-state index is 0.636. The van der Waals surface area contributed by atoms with Gasteiger partial charge in [0.25, 0.3) is 0 Å². The molecular weight excluding hydrogens is 116 g/mol. The number of allylic oxidation sites excluding steroid dienone is 1. The van der Waals surface area contributed by atoms with Crippen molar-refractivity contribution in [3.05, 3.63) is 24.2 Å². The molecule has 0 N–H and O–H groups in total.